The molecule has 1 heterocycles. The van der Waals surface area contributed by atoms with Gasteiger partial charge in [0.25, 0.3) is 0 Å². The fraction of sp³-hybridized carbons (Fsp3) is 0.148. The molecule has 0 amide bonds. The second-order valence-electron chi connectivity index (χ2n) is 7.65. The van der Waals surface area contributed by atoms with Gasteiger partial charge < -0.3 is 0 Å². The van der Waals surface area contributed by atoms with Crippen LogP contribution in [0, 0.1) is 6.92 Å². The van der Waals surface area contributed by atoms with Gasteiger partial charge in [-0.05, 0) is 67.1 Å². The summed E-state index contributed by atoms with van der Waals surface area (Å²) in [5.74, 6) is 0. The van der Waals surface area contributed by atoms with E-state index in [-0.39, 0.29) is 0 Å². The lowest BCUT2D eigenvalue weighted by atomic mass is 9.82. The van der Waals surface area contributed by atoms with Crippen molar-refractivity contribution in [3.05, 3.63) is 82.9 Å². The zero-order valence-corrected chi connectivity index (χ0v) is 17.6. The van der Waals surface area contributed by atoms with Crippen molar-refractivity contribution in [1.82, 2.24) is 4.98 Å². The molecule has 0 saturated carbocycles. The van der Waals surface area contributed by atoms with Crippen molar-refractivity contribution in [3.63, 3.8) is 0 Å². The summed E-state index contributed by atoms with van der Waals surface area (Å²) in [6.45, 7) is 4.36. The summed E-state index contributed by atoms with van der Waals surface area (Å²) in [6, 6.07) is 16.9. The van der Waals surface area contributed by atoms with Crippen molar-refractivity contribution in [1.29, 1.82) is 0 Å². The molecule has 0 radical (unpaired) electrons. The highest BCUT2D eigenvalue weighted by atomic mass is 32.1. The molecule has 0 aliphatic heterocycles. The molecule has 1 nitrogen and oxygen atoms in total. The molecular weight excluding hydrogens is 370 g/mol. The summed E-state index contributed by atoms with van der Waals surface area (Å²) in [5, 5.41) is 3.80. The van der Waals surface area contributed by atoms with Crippen LogP contribution < -0.4 is 0 Å². The molecule has 0 bridgehead atoms. The second kappa shape index (κ2) is 7.20. The molecule has 1 aromatic heterocycles. The van der Waals surface area contributed by atoms with E-state index >= 15 is 0 Å². The SMILES string of the molecule is C/C=C\c1c(C)c2c(c3c1c(-c1ccc(S)cc1)nc1ccccc13)C=CCC2. The molecule has 1 aliphatic carbocycles. The van der Waals surface area contributed by atoms with Gasteiger partial charge in [0, 0.05) is 26.6 Å². The van der Waals surface area contributed by atoms with Gasteiger partial charge in [-0.25, -0.2) is 4.98 Å². The highest BCUT2D eigenvalue weighted by Gasteiger charge is 2.21. The average Bonchev–Trinajstić information content (AvgIpc) is 2.76. The molecule has 0 fully saturated rings. The second-order valence-corrected chi connectivity index (χ2v) is 8.16. The molecule has 0 unspecified atom stereocenters. The Bertz CT molecular complexity index is 1310. The van der Waals surface area contributed by atoms with E-state index in [2.05, 4.69) is 87.2 Å². The maximum absolute atomic E-state index is 5.15. The molecule has 0 N–H and O–H groups in total. The van der Waals surface area contributed by atoms with Crippen molar-refractivity contribution >= 4 is 46.5 Å². The van der Waals surface area contributed by atoms with E-state index in [1.165, 1.54) is 38.4 Å². The minimum Gasteiger partial charge on any atom is -0.247 e. The van der Waals surface area contributed by atoms with Crippen LogP contribution in [0.3, 0.4) is 0 Å². The van der Waals surface area contributed by atoms with Gasteiger partial charge in [0.15, 0.2) is 0 Å². The van der Waals surface area contributed by atoms with Crippen LogP contribution in [-0.4, -0.2) is 4.98 Å². The molecule has 29 heavy (non-hydrogen) atoms. The zero-order chi connectivity index (χ0) is 20.0. The molecule has 142 valence electrons. The number of benzene rings is 3. The van der Waals surface area contributed by atoms with Gasteiger partial charge in [0.1, 0.15) is 0 Å². The molecule has 2 heteroatoms. The number of rotatable bonds is 2. The predicted molar refractivity (Wildman–Crippen MR) is 129 cm³/mol. The number of pyridine rings is 1. The molecule has 0 saturated heterocycles. The Kier molecular flexibility index (Phi) is 4.52. The van der Waals surface area contributed by atoms with E-state index in [4.69, 9.17) is 4.98 Å². The quantitative estimate of drug-likeness (QED) is 0.273. The number of hydrogen-bond donors (Lipinski definition) is 1. The summed E-state index contributed by atoms with van der Waals surface area (Å²) >= 11 is 4.47. The van der Waals surface area contributed by atoms with Gasteiger partial charge in [0.05, 0.1) is 11.2 Å². The van der Waals surface area contributed by atoms with Crippen molar-refractivity contribution < 1.29 is 0 Å². The van der Waals surface area contributed by atoms with Crippen LogP contribution in [0.1, 0.15) is 35.6 Å². The van der Waals surface area contributed by atoms with Gasteiger partial charge in [-0.3, -0.25) is 0 Å². The standard InChI is InChI=1S/C27H23NS/c1-3-8-21-17(2)20-9-4-5-10-22(20)25-23-11-6-7-12-24(23)28-27(26(21)25)18-13-15-19(29)16-14-18/h3,5-8,10-16,29H,4,9H2,1-2H3/b8-3-. The van der Waals surface area contributed by atoms with Gasteiger partial charge >= 0.3 is 0 Å². The molecule has 0 spiro atoms. The summed E-state index contributed by atoms with van der Waals surface area (Å²) in [4.78, 5) is 6.12. The van der Waals surface area contributed by atoms with Gasteiger partial charge in [-0.15, -0.1) is 12.6 Å². The van der Waals surface area contributed by atoms with E-state index in [1.54, 1.807) is 0 Å². The number of hydrogen-bond acceptors (Lipinski definition) is 2. The summed E-state index contributed by atoms with van der Waals surface area (Å²) < 4.78 is 0. The molecule has 5 rings (SSSR count). The van der Waals surface area contributed by atoms with Crippen molar-refractivity contribution in [2.75, 3.05) is 0 Å². The van der Waals surface area contributed by atoms with E-state index in [0.717, 1.165) is 34.5 Å². The Labute approximate surface area is 177 Å². The Hall–Kier alpha value is -2.84. The number of fused-ring (bicyclic) bond motifs is 5. The minimum atomic E-state index is 0.962. The highest BCUT2D eigenvalue weighted by molar-refractivity contribution is 7.80. The Balaban J connectivity index is 2.06. The third-order valence-electron chi connectivity index (χ3n) is 5.93. The van der Waals surface area contributed by atoms with E-state index in [1.807, 2.05) is 12.1 Å². The van der Waals surface area contributed by atoms with Gasteiger partial charge in [-0.1, -0.05) is 54.6 Å². The largest absolute Gasteiger partial charge is 0.247 e. The van der Waals surface area contributed by atoms with Crippen molar-refractivity contribution in [2.45, 2.75) is 31.6 Å². The average molecular weight is 394 g/mol. The fourth-order valence-electron chi connectivity index (χ4n) is 4.60. The van der Waals surface area contributed by atoms with E-state index < -0.39 is 0 Å². The van der Waals surface area contributed by atoms with Gasteiger partial charge in [-0.2, -0.15) is 0 Å². The number of nitrogens with zero attached hydrogens (tertiary/aromatic N) is 1. The predicted octanol–water partition coefficient (Wildman–Crippen LogP) is 7.64. The van der Waals surface area contributed by atoms with Crippen molar-refractivity contribution in [3.8, 4) is 11.3 Å². The van der Waals surface area contributed by atoms with E-state index in [0.29, 0.717) is 0 Å². The lowest BCUT2D eigenvalue weighted by molar-refractivity contribution is 0.975. The molecule has 3 aromatic carbocycles. The monoisotopic (exact) mass is 393 g/mol. The van der Waals surface area contributed by atoms with Crippen LogP contribution in [0.15, 0.2) is 65.6 Å². The number of aromatic nitrogens is 1. The number of allylic oxidation sites excluding steroid dienone is 2. The smallest absolute Gasteiger partial charge is 0.0794 e. The molecular formula is C27H23NS. The first-order valence-electron chi connectivity index (χ1n) is 10.2. The summed E-state index contributed by atoms with van der Waals surface area (Å²) in [6.07, 6.45) is 11.2. The summed E-state index contributed by atoms with van der Waals surface area (Å²) in [5.41, 5.74) is 8.72. The van der Waals surface area contributed by atoms with Crippen molar-refractivity contribution in [2.24, 2.45) is 0 Å². The first kappa shape index (κ1) is 18.2. The maximum Gasteiger partial charge on any atom is 0.0794 e. The minimum absolute atomic E-state index is 0.962. The number of thiol groups is 1. The lowest BCUT2D eigenvalue weighted by Gasteiger charge is -2.23. The van der Waals surface area contributed by atoms with Crippen LogP contribution in [-0.2, 0) is 6.42 Å². The van der Waals surface area contributed by atoms with Crippen LogP contribution in [0.2, 0.25) is 0 Å². The normalized spacial score (nSPS) is 13.5. The molecule has 0 atom stereocenters. The maximum atomic E-state index is 5.15. The van der Waals surface area contributed by atoms with Crippen LogP contribution in [0.25, 0.3) is 45.1 Å². The lowest BCUT2D eigenvalue weighted by Crippen LogP contribution is -2.04. The highest BCUT2D eigenvalue weighted by Crippen LogP contribution is 2.42. The Morgan fingerprint density at radius 2 is 1.79 bits per heavy atom. The first-order valence-corrected chi connectivity index (χ1v) is 10.6. The zero-order valence-electron chi connectivity index (χ0n) is 16.7. The first-order chi connectivity index (χ1) is 14.2. The van der Waals surface area contributed by atoms with Crippen LogP contribution in [0.5, 0.6) is 0 Å². The fourth-order valence-corrected chi connectivity index (χ4v) is 4.74. The summed E-state index contributed by atoms with van der Waals surface area (Å²) in [7, 11) is 0. The third kappa shape index (κ3) is 2.90. The van der Waals surface area contributed by atoms with E-state index in [9.17, 15) is 0 Å². The Morgan fingerprint density at radius 3 is 2.59 bits per heavy atom. The number of para-hydroxylation sites is 1. The molecule has 4 aromatic rings. The Morgan fingerprint density at radius 1 is 1.00 bits per heavy atom. The van der Waals surface area contributed by atoms with Crippen LogP contribution >= 0.6 is 12.6 Å². The third-order valence-corrected chi connectivity index (χ3v) is 6.23. The van der Waals surface area contributed by atoms with Gasteiger partial charge in [0.2, 0.25) is 0 Å². The topological polar surface area (TPSA) is 12.9 Å². The van der Waals surface area contributed by atoms with Crippen LogP contribution in [0.4, 0.5) is 0 Å². The molecule has 1 aliphatic rings.